The molecular weight excluding hydrogens is 331 g/mol. The van der Waals surface area contributed by atoms with Crippen molar-refractivity contribution in [3.8, 4) is 11.5 Å². The van der Waals surface area contributed by atoms with Gasteiger partial charge in [0.2, 0.25) is 0 Å². The van der Waals surface area contributed by atoms with Crippen molar-refractivity contribution in [2.75, 3.05) is 13.2 Å². The van der Waals surface area contributed by atoms with Crippen LogP contribution in [0.15, 0.2) is 78.9 Å². The van der Waals surface area contributed by atoms with E-state index in [2.05, 4.69) is 0 Å². The van der Waals surface area contributed by atoms with Crippen LogP contribution in [0.4, 0.5) is 0 Å². The second-order valence-corrected chi connectivity index (χ2v) is 8.73. The van der Waals surface area contributed by atoms with Gasteiger partial charge in [-0.1, -0.05) is 60.7 Å². The van der Waals surface area contributed by atoms with Crippen LogP contribution < -0.4 is 25.4 Å². The zero-order valence-electron chi connectivity index (χ0n) is 13.8. The van der Waals surface area contributed by atoms with Crippen molar-refractivity contribution in [3.05, 3.63) is 78.9 Å². The molecule has 0 aliphatic carbocycles. The molecule has 0 unspecified atom stereocenters. The molecule has 0 amide bonds. The molecule has 0 spiro atoms. The maximum atomic E-state index is 14.3. The minimum absolute atomic E-state index is 0.609. The molecule has 0 atom stereocenters. The Labute approximate surface area is 147 Å². The molecule has 0 radical (unpaired) electrons. The standard InChI is InChI=1S/C21H19O3P/c22-25(17-8-3-1-4-9-17,18-10-5-2-6-11-18)19-12-13-20-21(16-19)24-15-7-14-23-20/h1-6,8-13,16H,7,14-15H2. The van der Waals surface area contributed by atoms with Crippen LogP contribution >= 0.6 is 7.14 Å². The van der Waals surface area contributed by atoms with Crippen molar-refractivity contribution in [2.24, 2.45) is 0 Å². The number of hydrogen-bond donors (Lipinski definition) is 0. The van der Waals surface area contributed by atoms with Crippen LogP contribution in [0.2, 0.25) is 0 Å². The molecule has 1 aliphatic heterocycles. The van der Waals surface area contributed by atoms with E-state index in [1.54, 1.807) is 0 Å². The first-order valence-electron chi connectivity index (χ1n) is 8.40. The Hall–Kier alpha value is -2.51. The molecule has 0 aromatic heterocycles. The normalized spacial score (nSPS) is 13.9. The molecule has 25 heavy (non-hydrogen) atoms. The van der Waals surface area contributed by atoms with Gasteiger partial charge in [-0.15, -0.1) is 0 Å². The van der Waals surface area contributed by atoms with E-state index in [0.717, 1.165) is 22.3 Å². The highest BCUT2D eigenvalue weighted by Crippen LogP contribution is 2.44. The third kappa shape index (κ3) is 2.96. The topological polar surface area (TPSA) is 35.5 Å². The Bertz CT molecular complexity index is 863. The number of ether oxygens (including phenoxy) is 2. The van der Waals surface area contributed by atoms with E-state index in [1.165, 1.54) is 0 Å². The lowest BCUT2D eigenvalue weighted by Crippen LogP contribution is -2.25. The van der Waals surface area contributed by atoms with Gasteiger partial charge in [0.1, 0.15) is 0 Å². The summed E-state index contributed by atoms with van der Waals surface area (Å²) < 4.78 is 25.8. The molecule has 3 nitrogen and oxygen atoms in total. The van der Waals surface area contributed by atoms with Gasteiger partial charge in [-0.05, 0) is 18.2 Å². The Morgan fingerprint density at radius 1 is 0.640 bits per heavy atom. The Kier molecular flexibility index (Phi) is 4.33. The summed E-state index contributed by atoms with van der Waals surface area (Å²) in [7, 11) is -2.97. The summed E-state index contributed by atoms with van der Waals surface area (Å²) in [6, 6.07) is 24.9. The minimum Gasteiger partial charge on any atom is -0.490 e. The maximum Gasteiger partial charge on any atom is 0.171 e. The van der Waals surface area contributed by atoms with Gasteiger partial charge in [-0.25, -0.2) is 0 Å². The number of benzene rings is 3. The van der Waals surface area contributed by atoms with Crippen molar-refractivity contribution in [1.29, 1.82) is 0 Å². The van der Waals surface area contributed by atoms with Crippen LogP contribution in [0.5, 0.6) is 11.5 Å². The lowest BCUT2D eigenvalue weighted by Gasteiger charge is -2.21. The average molecular weight is 350 g/mol. The molecule has 4 heteroatoms. The molecule has 0 bridgehead atoms. The zero-order valence-corrected chi connectivity index (χ0v) is 14.7. The zero-order chi connectivity index (χ0) is 17.1. The Morgan fingerprint density at radius 3 is 1.80 bits per heavy atom. The van der Waals surface area contributed by atoms with Crippen molar-refractivity contribution >= 4 is 23.1 Å². The average Bonchev–Trinajstić information content (AvgIpc) is 2.93. The third-order valence-electron chi connectivity index (χ3n) is 4.33. The minimum atomic E-state index is -2.97. The van der Waals surface area contributed by atoms with Gasteiger partial charge in [0.25, 0.3) is 0 Å². The molecule has 3 aromatic carbocycles. The van der Waals surface area contributed by atoms with E-state index in [-0.39, 0.29) is 0 Å². The van der Waals surface area contributed by atoms with E-state index < -0.39 is 7.14 Å². The number of rotatable bonds is 3. The lowest BCUT2D eigenvalue weighted by atomic mass is 10.3. The molecule has 0 N–H and O–H groups in total. The molecule has 3 aromatic rings. The predicted molar refractivity (Wildman–Crippen MR) is 101 cm³/mol. The monoisotopic (exact) mass is 350 g/mol. The van der Waals surface area contributed by atoms with Gasteiger partial charge >= 0.3 is 0 Å². The highest BCUT2D eigenvalue weighted by molar-refractivity contribution is 7.85. The van der Waals surface area contributed by atoms with E-state index in [9.17, 15) is 4.57 Å². The molecular formula is C21H19O3P. The van der Waals surface area contributed by atoms with Crippen LogP contribution in [0, 0.1) is 0 Å². The molecule has 0 saturated heterocycles. The lowest BCUT2D eigenvalue weighted by molar-refractivity contribution is 0.297. The summed E-state index contributed by atoms with van der Waals surface area (Å²) in [4.78, 5) is 0. The van der Waals surface area contributed by atoms with Gasteiger partial charge in [0.05, 0.1) is 13.2 Å². The summed E-state index contributed by atoms with van der Waals surface area (Å²) in [6.45, 7) is 1.25. The number of hydrogen-bond acceptors (Lipinski definition) is 3. The fraction of sp³-hybridized carbons (Fsp3) is 0.143. The van der Waals surface area contributed by atoms with Crippen molar-refractivity contribution < 1.29 is 14.0 Å². The summed E-state index contributed by atoms with van der Waals surface area (Å²) >= 11 is 0. The number of fused-ring (bicyclic) bond motifs is 1. The molecule has 4 rings (SSSR count). The first-order valence-corrected chi connectivity index (χ1v) is 10.1. The van der Waals surface area contributed by atoms with Gasteiger partial charge in [-0.3, -0.25) is 0 Å². The van der Waals surface area contributed by atoms with E-state index in [1.807, 2.05) is 78.9 Å². The molecule has 126 valence electrons. The van der Waals surface area contributed by atoms with Crippen LogP contribution in [-0.2, 0) is 4.57 Å². The summed E-state index contributed by atoms with van der Waals surface area (Å²) in [6.07, 6.45) is 0.846. The van der Waals surface area contributed by atoms with Crippen molar-refractivity contribution in [3.63, 3.8) is 0 Å². The second kappa shape index (κ2) is 6.78. The molecule has 0 fully saturated rings. The van der Waals surface area contributed by atoms with Crippen LogP contribution in [0.1, 0.15) is 6.42 Å². The largest absolute Gasteiger partial charge is 0.490 e. The van der Waals surface area contributed by atoms with E-state index in [0.29, 0.717) is 24.7 Å². The van der Waals surface area contributed by atoms with E-state index >= 15 is 0 Å². The molecule has 1 aliphatic rings. The molecule has 1 heterocycles. The van der Waals surface area contributed by atoms with Gasteiger partial charge in [0, 0.05) is 22.3 Å². The summed E-state index contributed by atoms with van der Waals surface area (Å²) in [5.74, 6) is 1.39. The SMILES string of the molecule is O=P(c1ccccc1)(c1ccccc1)c1ccc2c(c1)OCCCO2. The van der Waals surface area contributed by atoms with Gasteiger partial charge < -0.3 is 14.0 Å². The van der Waals surface area contributed by atoms with Gasteiger partial charge in [-0.2, -0.15) is 0 Å². The summed E-state index contributed by atoms with van der Waals surface area (Å²) in [5.41, 5.74) is 0. The fourth-order valence-corrected chi connectivity index (χ4v) is 5.73. The van der Waals surface area contributed by atoms with E-state index in [4.69, 9.17) is 9.47 Å². The predicted octanol–water partition coefficient (Wildman–Crippen LogP) is 3.49. The third-order valence-corrected chi connectivity index (χ3v) is 7.39. The van der Waals surface area contributed by atoms with Crippen LogP contribution in [0.3, 0.4) is 0 Å². The second-order valence-electron chi connectivity index (χ2n) is 5.96. The van der Waals surface area contributed by atoms with Crippen molar-refractivity contribution in [2.45, 2.75) is 6.42 Å². The maximum absolute atomic E-state index is 14.3. The van der Waals surface area contributed by atoms with Crippen LogP contribution in [-0.4, -0.2) is 13.2 Å². The molecule has 0 saturated carbocycles. The van der Waals surface area contributed by atoms with Crippen molar-refractivity contribution in [1.82, 2.24) is 0 Å². The Balaban J connectivity index is 1.91. The van der Waals surface area contributed by atoms with Gasteiger partial charge in [0.15, 0.2) is 18.6 Å². The highest BCUT2D eigenvalue weighted by atomic mass is 31.2. The smallest absolute Gasteiger partial charge is 0.171 e. The van der Waals surface area contributed by atoms with Crippen LogP contribution in [0.25, 0.3) is 0 Å². The Morgan fingerprint density at radius 2 is 1.20 bits per heavy atom. The quantitative estimate of drug-likeness (QED) is 0.679. The highest BCUT2D eigenvalue weighted by Gasteiger charge is 2.30. The fourth-order valence-electron chi connectivity index (χ4n) is 3.07. The first kappa shape index (κ1) is 16.0. The first-order chi connectivity index (χ1) is 12.3. The summed E-state index contributed by atoms with van der Waals surface area (Å²) in [5, 5.41) is 2.39.